The lowest BCUT2D eigenvalue weighted by atomic mass is 9.94. The lowest BCUT2D eigenvalue weighted by Crippen LogP contribution is -2.43. The molecule has 0 N–H and O–H groups in total. The molecular formula is C21H16Cl2N2O3. The van der Waals surface area contributed by atoms with Crippen molar-refractivity contribution in [3.05, 3.63) is 62.9 Å². The third-order valence-electron chi connectivity index (χ3n) is 4.38. The monoisotopic (exact) mass is 414 g/mol. The number of nitriles is 1. The number of benzene rings is 1. The van der Waals surface area contributed by atoms with Crippen molar-refractivity contribution < 1.29 is 14.0 Å². The van der Waals surface area contributed by atoms with Gasteiger partial charge in [0.25, 0.3) is 11.8 Å². The van der Waals surface area contributed by atoms with Crippen molar-refractivity contribution in [2.24, 2.45) is 0 Å². The summed E-state index contributed by atoms with van der Waals surface area (Å²) in [5.41, 5.74) is 1.18. The third-order valence-corrected chi connectivity index (χ3v) is 4.94. The fourth-order valence-corrected chi connectivity index (χ4v) is 3.34. The van der Waals surface area contributed by atoms with Crippen molar-refractivity contribution in [1.29, 1.82) is 5.26 Å². The molecular weight excluding hydrogens is 399 g/mol. The summed E-state index contributed by atoms with van der Waals surface area (Å²) < 4.78 is 5.82. The highest BCUT2D eigenvalue weighted by atomic mass is 35.5. The number of imide groups is 1. The molecule has 1 aliphatic rings. The van der Waals surface area contributed by atoms with E-state index in [0.29, 0.717) is 39.1 Å². The highest BCUT2D eigenvalue weighted by molar-refractivity contribution is 6.35. The summed E-state index contributed by atoms with van der Waals surface area (Å²) >= 11 is 12.2. The molecule has 5 nitrogen and oxygen atoms in total. The molecule has 1 aromatic heterocycles. The summed E-state index contributed by atoms with van der Waals surface area (Å²) in [5, 5.41) is 10.4. The smallest absolute Gasteiger partial charge is 0.271 e. The Kier molecular flexibility index (Phi) is 5.73. The van der Waals surface area contributed by atoms with Crippen LogP contribution in [-0.2, 0) is 9.59 Å². The summed E-state index contributed by atoms with van der Waals surface area (Å²) in [4.78, 5) is 26.3. The van der Waals surface area contributed by atoms with Crippen molar-refractivity contribution >= 4 is 41.1 Å². The fourth-order valence-electron chi connectivity index (χ4n) is 2.96. The van der Waals surface area contributed by atoms with Gasteiger partial charge in [-0.3, -0.25) is 14.5 Å². The number of rotatable bonds is 4. The first-order chi connectivity index (χ1) is 13.4. The van der Waals surface area contributed by atoms with Gasteiger partial charge in [-0.05, 0) is 55.3 Å². The molecule has 1 aliphatic heterocycles. The Hall–Kier alpha value is -2.81. The molecule has 7 heteroatoms. The molecule has 0 saturated heterocycles. The molecule has 0 fully saturated rings. The van der Waals surface area contributed by atoms with E-state index in [1.807, 2.05) is 13.0 Å². The second kappa shape index (κ2) is 8.05. The van der Waals surface area contributed by atoms with Gasteiger partial charge in [-0.15, -0.1) is 0 Å². The van der Waals surface area contributed by atoms with Crippen LogP contribution in [0.5, 0.6) is 0 Å². The standard InChI is InChI=1S/C21H16Cl2N2O3/c1-3-8-25-20(26)15(12(2)17(11-24)21(25)27)10-14-5-7-19(28-14)16-9-13(22)4-6-18(16)23/h4-7,9-10H,3,8H2,1-2H3/b15-10+. The maximum absolute atomic E-state index is 12.8. The predicted molar refractivity (Wildman–Crippen MR) is 107 cm³/mol. The first-order valence-corrected chi connectivity index (χ1v) is 9.37. The van der Waals surface area contributed by atoms with Crippen LogP contribution in [0.25, 0.3) is 17.4 Å². The van der Waals surface area contributed by atoms with Gasteiger partial charge in [0.05, 0.1) is 5.02 Å². The largest absolute Gasteiger partial charge is 0.457 e. The molecule has 0 spiro atoms. The first-order valence-electron chi connectivity index (χ1n) is 8.61. The number of carbonyl (C=O) groups excluding carboxylic acids is 2. The minimum atomic E-state index is -0.560. The number of carbonyl (C=O) groups is 2. The Morgan fingerprint density at radius 3 is 2.61 bits per heavy atom. The van der Waals surface area contributed by atoms with Gasteiger partial charge in [-0.1, -0.05) is 30.1 Å². The number of hydrogen-bond acceptors (Lipinski definition) is 4. The van der Waals surface area contributed by atoms with Crippen molar-refractivity contribution in [3.63, 3.8) is 0 Å². The zero-order valence-electron chi connectivity index (χ0n) is 15.3. The molecule has 28 heavy (non-hydrogen) atoms. The molecule has 2 amide bonds. The van der Waals surface area contributed by atoms with Crippen LogP contribution >= 0.6 is 23.2 Å². The summed E-state index contributed by atoms with van der Waals surface area (Å²) in [5.74, 6) is -0.111. The summed E-state index contributed by atoms with van der Waals surface area (Å²) in [6, 6.07) is 10.3. The number of amides is 2. The van der Waals surface area contributed by atoms with Gasteiger partial charge in [0.15, 0.2) is 0 Å². The van der Waals surface area contributed by atoms with Gasteiger partial charge in [-0.2, -0.15) is 5.26 Å². The number of furan rings is 1. The van der Waals surface area contributed by atoms with Crippen LogP contribution < -0.4 is 0 Å². The van der Waals surface area contributed by atoms with E-state index in [-0.39, 0.29) is 17.7 Å². The summed E-state index contributed by atoms with van der Waals surface area (Å²) in [6.07, 6.45) is 2.13. The van der Waals surface area contributed by atoms with Crippen molar-refractivity contribution in [3.8, 4) is 17.4 Å². The molecule has 142 valence electrons. The van der Waals surface area contributed by atoms with E-state index >= 15 is 0 Å². The third kappa shape index (κ3) is 3.62. The van der Waals surface area contributed by atoms with Crippen LogP contribution in [-0.4, -0.2) is 23.3 Å². The number of hydrogen-bond donors (Lipinski definition) is 0. The minimum absolute atomic E-state index is 0.0380. The maximum atomic E-state index is 12.8. The van der Waals surface area contributed by atoms with E-state index < -0.39 is 11.8 Å². The maximum Gasteiger partial charge on any atom is 0.271 e. The van der Waals surface area contributed by atoms with E-state index in [0.717, 1.165) is 4.90 Å². The van der Waals surface area contributed by atoms with Crippen LogP contribution in [0.2, 0.25) is 10.0 Å². The Morgan fingerprint density at radius 2 is 1.93 bits per heavy atom. The van der Waals surface area contributed by atoms with Gasteiger partial charge in [0.2, 0.25) is 0 Å². The zero-order valence-corrected chi connectivity index (χ0v) is 16.8. The van der Waals surface area contributed by atoms with E-state index in [9.17, 15) is 14.9 Å². The Morgan fingerprint density at radius 1 is 1.18 bits per heavy atom. The Bertz CT molecular complexity index is 1070. The van der Waals surface area contributed by atoms with Gasteiger partial charge in [0.1, 0.15) is 23.2 Å². The first kappa shape index (κ1) is 19.9. The normalized spacial score (nSPS) is 16.1. The van der Waals surface area contributed by atoms with Crippen LogP contribution in [0, 0.1) is 11.3 Å². The van der Waals surface area contributed by atoms with Gasteiger partial charge >= 0.3 is 0 Å². The minimum Gasteiger partial charge on any atom is -0.457 e. The molecule has 0 saturated carbocycles. The van der Waals surface area contributed by atoms with Gasteiger partial charge < -0.3 is 4.42 Å². The average molecular weight is 415 g/mol. The van der Waals surface area contributed by atoms with E-state index in [1.54, 1.807) is 37.3 Å². The van der Waals surface area contributed by atoms with Crippen molar-refractivity contribution in [2.45, 2.75) is 20.3 Å². The SMILES string of the molecule is CCCN1C(=O)C(C#N)=C(C)/C(=C\c2ccc(-c3cc(Cl)ccc3Cl)o2)C1=O. The molecule has 0 unspecified atom stereocenters. The quantitative estimate of drug-likeness (QED) is 0.505. The zero-order chi connectivity index (χ0) is 20.4. The molecule has 0 aliphatic carbocycles. The second-order valence-corrected chi connectivity index (χ2v) is 7.10. The lowest BCUT2D eigenvalue weighted by Gasteiger charge is -2.26. The molecule has 0 bridgehead atoms. The van der Waals surface area contributed by atoms with E-state index in [2.05, 4.69) is 0 Å². The highest BCUT2D eigenvalue weighted by Crippen LogP contribution is 2.33. The Labute approximate surface area is 172 Å². The Balaban J connectivity index is 2.05. The van der Waals surface area contributed by atoms with Gasteiger partial charge in [-0.25, -0.2) is 0 Å². The molecule has 0 atom stereocenters. The van der Waals surface area contributed by atoms with Crippen molar-refractivity contribution in [1.82, 2.24) is 4.90 Å². The number of halogens is 2. The van der Waals surface area contributed by atoms with Crippen molar-refractivity contribution in [2.75, 3.05) is 6.54 Å². The molecule has 0 radical (unpaired) electrons. The van der Waals surface area contributed by atoms with E-state index in [4.69, 9.17) is 27.6 Å². The lowest BCUT2D eigenvalue weighted by molar-refractivity contribution is -0.140. The average Bonchev–Trinajstić information content (AvgIpc) is 3.13. The molecule has 2 heterocycles. The van der Waals surface area contributed by atoms with Crippen LogP contribution in [0.4, 0.5) is 0 Å². The van der Waals surface area contributed by atoms with Crippen LogP contribution in [0.15, 0.2) is 51.5 Å². The van der Waals surface area contributed by atoms with Crippen LogP contribution in [0.3, 0.4) is 0 Å². The second-order valence-electron chi connectivity index (χ2n) is 6.26. The van der Waals surface area contributed by atoms with Gasteiger partial charge in [0, 0.05) is 22.7 Å². The highest BCUT2D eigenvalue weighted by Gasteiger charge is 2.35. The summed E-state index contributed by atoms with van der Waals surface area (Å²) in [7, 11) is 0. The fraction of sp³-hybridized carbons (Fsp3) is 0.190. The number of nitrogens with zero attached hydrogens (tertiary/aromatic N) is 2. The van der Waals surface area contributed by atoms with Crippen LogP contribution in [0.1, 0.15) is 26.0 Å². The molecule has 1 aromatic carbocycles. The topological polar surface area (TPSA) is 74.3 Å². The summed E-state index contributed by atoms with van der Waals surface area (Å²) in [6.45, 7) is 3.69. The molecule has 2 aromatic rings. The van der Waals surface area contributed by atoms with E-state index in [1.165, 1.54) is 6.08 Å². The molecule has 3 rings (SSSR count). The predicted octanol–water partition coefficient (Wildman–Crippen LogP) is 5.26.